The Morgan fingerprint density at radius 1 is 1.47 bits per heavy atom. The third-order valence-electron chi connectivity index (χ3n) is 2.14. The van der Waals surface area contributed by atoms with E-state index < -0.39 is 0 Å². The lowest BCUT2D eigenvalue weighted by molar-refractivity contribution is 0.826. The Hall–Kier alpha value is -1.39. The van der Waals surface area contributed by atoms with Crippen molar-refractivity contribution in [3.05, 3.63) is 40.9 Å². The molecule has 1 aromatic carbocycles. The van der Waals surface area contributed by atoms with Crippen molar-refractivity contribution in [2.45, 2.75) is 13.5 Å². The number of aromatic nitrogens is 3. The molecule has 0 aliphatic rings. The number of halogens is 1. The molecule has 0 aliphatic heterocycles. The van der Waals surface area contributed by atoms with Crippen LogP contribution in [0.15, 0.2) is 24.5 Å². The van der Waals surface area contributed by atoms with Crippen LogP contribution < -0.4 is 5.73 Å². The summed E-state index contributed by atoms with van der Waals surface area (Å²) in [5.74, 6) is 0.620. The van der Waals surface area contributed by atoms with E-state index in [4.69, 9.17) is 17.3 Å². The fourth-order valence-electron chi connectivity index (χ4n) is 1.34. The lowest BCUT2D eigenvalue weighted by Crippen LogP contribution is -2.02. The van der Waals surface area contributed by atoms with Crippen molar-refractivity contribution in [3.63, 3.8) is 0 Å². The average Bonchev–Trinajstić information content (AvgIpc) is 2.70. The highest BCUT2D eigenvalue weighted by Gasteiger charge is 2.04. The highest BCUT2D eigenvalue weighted by atomic mass is 35.5. The van der Waals surface area contributed by atoms with Crippen LogP contribution >= 0.6 is 11.6 Å². The molecule has 1 aromatic heterocycles. The molecule has 4 nitrogen and oxygen atoms in total. The number of hydrogen-bond donors (Lipinski definition) is 1. The van der Waals surface area contributed by atoms with Gasteiger partial charge in [-0.1, -0.05) is 17.7 Å². The summed E-state index contributed by atoms with van der Waals surface area (Å²) in [7, 11) is 0. The van der Waals surface area contributed by atoms with E-state index >= 15 is 0 Å². The Bertz CT molecular complexity index is 478. The number of nitrogens with zero attached hydrogens (tertiary/aromatic N) is 3. The van der Waals surface area contributed by atoms with Gasteiger partial charge in [-0.2, -0.15) is 0 Å². The van der Waals surface area contributed by atoms with Gasteiger partial charge in [-0.05, 0) is 24.6 Å². The van der Waals surface area contributed by atoms with Crippen LogP contribution in [-0.2, 0) is 6.54 Å². The van der Waals surface area contributed by atoms with E-state index in [9.17, 15) is 0 Å². The Labute approximate surface area is 92.7 Å². The maximum absolute atomic E-state index is 5.92. The summed E-state index contributed by atoms with van der Waals surface area (Å²) in [6, 6.07) is 5.65. The van der Waals surface area contributed by atoms with E-state index in [0.29, 0.717) is 17.4 Å². The van der Waals surface area contributed by atoms with Crippen LogP contribution in [0.4, 0.5) is 0 Å². The number of nitrogens with two attached hydrogens (primary N) is 1. The summed E-state index contributed by atoms with van der Waals surface area (Å²) in [4.78, 5) is 4.07. The molecule has 0 amide bonds. The highest BCUT2D eigenvalue weighted by Crippen LogP contribution is 2.18. The zero-order valence-corrected chi connectivity index (χ0v) is 9.07. The van der Waals surface area contributed by atoms with Crippen molar-refractivity contribution in [2.75, 3.05) is 0 Å². The van der Waals surface area contributed by atoms with Crippen molar-refractivity contribution >= 4 is 11.6 Å². The Balaban J connectivity index is 2.48. The molecule has 0 bridgehead atoms. The van der Waals surface area contributed by atoms with Crippen LogP contribution in [0.5, 0.6) is 0 Å². The molecule has 0 saturated heterocycles. The second kappa shape index (κ2) is 4.00. The number of aryl methyl sites for hydroxylation is 1. The molecule has 0 fully saturated rings. The largest absolute Gasteiger partial charge is 0.324 e. The Morgan fingerprint density at radius 3 is 2.93 bits per heavy atom. The number of hydrogen-bond acceptors (Lipinski definition) is 3. The molecule has 0 radical (unpaired) electrons. The summed E-state index contributed by atoms with van der Waals surface area (Å²) < 4.78 is 1.68. The molecule has 0 atom stereocenters. The van der Waals surface area contributed by atoms with E-state index in [2.05, 4.69) is 10.1 Å². The van der Waals surface area contributed by atoms with Gasteiger partial charge in [0, 0.05) is 5.02 Å². The maximum atomic E-state index is 5.92. The van der Waals surface area contributed by atoms with Crippen LogP contribution in [0.1, 0.15) is 11.4 Å². The predicted molar refractivity (Wildman–Crippen MR) is 59.0 cm³/mol. The zero-order valence-electron chi connectivity index (χ0n) is 8.31. The quantitative estimate of drug-likeness (QED) is 0.841. The van der Waals surface area contributed by atoms with E-state index in [1.54, 1.807) is 11.0 Å². The van der Waals surface area contributed by atoms with Gasteiger partial charge in [-0.25, -0.2) is 9.67 Å². The third kappa shape index (κ3) is 2.00. The molecule has 5 heteroatoms. The van der Waals surface area contributed by atoms with Crippen molar-refractivity contribution in [1.29, 1.82) is 0 Å². The van der Waals surface area contributed by atoms with Gasteiger partial charge in [0.05, 0.1) is 12.2 Å². The van der Waals surface area contributed by atoms with Crippen molar-refractivity contribution in [1.82, 2.24) is 14.8 Å². The normalized spacial score (nSPS) is 10.6. The molecule has 0 saturated carbocycles. The van der Waals surface area contributed by atoms with Gasteiger partial charge < -0.3 is 5.73 Å². The maximum Gasteiger partial charge on any atom is 0.164 e. The van der Waals surface area contributed by atoms with E-state index in [1.807, 2.05) is 25.1 Å². The Kier molecular flexibility index (Phi) is 2.70. The molecule has 2 rings (SSSR count). The summed E-state index contributed by atoms with van der Waals surface area (Å²) in [6.07, 6.45) is 1.64. The SMILES string of the molecule is Cc1ccc(Cl)cc1-n1cnc(CN)n1. The molecule has 1 heterocycles. The molecular weight excluding hydrogens is 212 g/mol. The minimum atomic E-state index is 0.340. The van der Waals surface area contributed by atoms with Crippen LogP contribution in [0.25, 0.3) is 5.69 Å². The van der Waals surface area contributed by atoms with E-state index in [1.165, 1.54) is 0 Å². The molecular formula is C10H11ClN4. The van der Waals surface area contributed by atoms with Gasteiger partial charge in [0.25, 0.3) is 0 Å². The van der Waals surface area contributed by atoms with Crippen molar-refractivity contribution in [3.8, 4) is 5.69 Å². The fraction of sp³-hybridized carbons (Fsp3) is 0.200. The topological polar surface area (TPSA) is 56.7 Å². The first-order valence-electron chi connectivity index (χ1n) is 4.58. The highest BCUT2D eigenvalue weighted by molar-refractivity contribution is 6.30. The summed E-state index contributed by atoms with van der Waals surface area (Å²) in [6.45, 7) is 2.34. The molecule has 0 spiro atoms. The molecule has 0 aliphatic carbocycles. The summed E-state index contributed by atoms with van der Waals surface area (Å²) in [5, 5.41) is 4.90. The van der Waals surface area contributed by atoms with Crippen molar-refractivity contribution in [2.24, 2.45) is 5.73 Å². The first-order chi connectivity index (χ1) is 7.20. The van der Waals surface area contributed by atoms with E-state index in [-0.39, 0.29) is 0 Å². The fourth-order valence-corrected chi connectivity index (χ4v) is 1.50. The van der Waals surface area contributed by atoms with E-state index in [0.717, 1.165) is 11.3 Å². The summed E-state index contributed by atoms with van der Waals surface area (Å²) in [5.41, 5.74) is 7.46. The summed E-state index contributed by atoms with van der Waals surface area (Å²) >= 11 is 5.92. The first kappa shape index (κ1) is 10.1. The lowest BCUT2D eigenvalue weighted by atomic mass is 10.2. The third-order valence-corrected chi connectivity index (χ3v) is 2.37. The number of benzene rings is 1. The molecule has 0 unspecified atom stereocenters. The van der Waals surface area contributed by atoms with Gasteiger partial charge in [0.1, 0.15) is 6.33 Å². The second-order valence-corrected chi connectivity index (χ2v) is 3.68. The predicted octanol–water partition coefficient (Wildman–Crippen LogP) is 1.69. The molecule has 2 aromatic rings. The smallest absolute Gasteiger partial charge is 0.164 e. The molecule has 78 valence electrons. The van der Waals surface area contributed by atoms with Gasteiger partial charge in [-0.3, -0.25) is 0 Å². The lowest BCUT2D eigenvalue weighted by Gasteiger charge is -2.04. The van der Waals surface area contributed by atoms with Gasteiger partial charge in [-0.15, -0.1) is 5.10 Å². The number of rotatable bonds is 2. The second-order valence-electron chi connectivity index (χ2n) is 3.24. The standard InChI is InChI=1S/C10H11ClN4/c1-7-2-3-8(11)4-9(7)15-6-13-10(5-12)14-15/h2-4,6H,5,12H2,1H3. The van der Waals surface area contributed by atoms with Crippen LogP contribution in [0, 0.1) is 6.92 Å². The molecule has 15 heavy (non-hydrogen) atoms. The van der Waals surface area contributed by atoms with Crippen LogP contribution in [0.3, 0.4) is 0 Å². The van der Waals surface area contributed by atoms with Crippen molar-refractivity contribution < 1.29 is 0 Å². The first-order valence-corrected chi connectivity index (χ1v) is 4.95. The Morgan fingerprint density at radius 2 is 2.27 bits per heavy atom. The van der Waals surface area contributed by atoms with Gasteiger partial charge in [0.15, 0.2) is 5.82 Å². The monoisotopic (exact) mass is 222 g/mol. The average molecular weight is 223 g/mol. The zero-order chi connectivity index (χ0) is 10.8. The van der Waals surface area contributed by atoms with Crippen LogP contribution in [0.2, 0.25) is 5.02 Å². The molecule has 2 N–H and O–H groups in total. The minimum Gasteiger partial charge on any atom is -0.324 e. The van der Waals surface area contributed by atoms with Crippen LogP contribution in [-0.4, -0.2) is 14.8 Å². The minimum absolute atomic E-state index is 0.340. The van der Waals surface area contributed by atoms with Gasteiger partial charge >= 0.3 is 0 Å². The van der Waals surface area contributed by atoms with Gasteiger partial charge in [0.2, 0.25) is 0 Å².